The third-order valence-electron chi connectivity index (χ3n) is 4.41. The first-order chi connectivity index (χ1) is 11.3. The van der Waals surface area contributed by atoms with Gasteiger partial charge in [-0.1, -0.05) is 12.1 Å². The third-order valence-corrected chi connectivity index (χ3v) is 4.41. The Hall–Kier alpha value is -3.15. The molecule has 2 aromatic carbocycles. The maximum atomic E-state index is 12.1. The molecule has 23 heavy (non-hydrogen) atoms. The zero-order chi connectivity index (χ0) is 15.4. The summed E-state index contributed by atoms with van der Waals surface area (Å²) in [4.78, 5) is 20.2. The lowest BCUT2D eigenvalue weighted by atomic mass is 9.88. The van der Waals surface area contributed by atoms with Gasteiger partial charge in [-0.05, 0) is 24.3 Å². The van der Waals surface area contributed by atoms with Gasteiger partial charge in [0.15, 0.2) is 0 Å². The molecule has 6 nitrogen and oxygen atoms in total. The van der Waals surface area contributed by atoms with Crippen LogP contribution in [-0.2, 0) is 4.79 Å². The SMILES string of the molecule is O=C1CC(c2nc3ccccc3[nH]2)c2c(ccc3cn[nH]c23)N1. The van der Waals surface area contributed by atoms with Crippen molar-refractivity contribution >= 4 is 33.5 Å². The Labute approximate surface area is 130 Å². The molecule has 0 saturated carbocycles. The fraction of sp³-hybridized carbons (Fsp3) is 0.118. The van der Waals surface area contributed by atoms with Gasteiger partial charge in [-0.3, -0.25) is 9.89 Å². The minimum absolute atomic E-state index is 0.00169. The molecular formula is C17H13N5O. The van der Waals surface area contributed by atoms with Crippen LogP contribution in [0.2, 0.25) is 0 Å². The van der Waals surface area contributed by atoms with Crippen LogP contribution in [0.5, 0.6) is 0 Å². The normalized spacial score (nSPS) is 17.4. The summed E-state index contributed by atoms with van der Waals surface area (Å²) in [6.07, 6.45) is 2.16. The molecule has 0 saturated heterocycles. The molecule has 1 amide bonds. The molecule has 2 aromatic heterocycles. The van der Waals surface area contributed by atoms with Gasteiger partial charge in [-0.2, -0.15) is 5.10 Å². The lowest BCUT2D eigenvalue weighted by Gasteiger charge is -2.24. The molecule has 0 fully saturated rings. The number of aromatic amines is 2. The number of anilines is 1. The minimum Gasteiger partial charge on any atom is -0.341 e. The van der Waals surface area contributed by atoms with Crippen LogP contribution >= 0.6 is 0 Å². The zero-order valence-corrected chi connectivity index (χ0v) is 12.1. The summed E-state index contributed by atoms with van der Waals surface area (Å²) < 4.78 is 0. The molecule has 0 spiro atoms. The molecular weight excluding hydrogens is 290 g/mol. The van der Waals surface area contributed by atoms with Crippen molar-refractivity contribution in [1.29, 1.82) is 0 Å². The predicted octanol–water partition coefficient (Wildman–Crippen LogP) is 2.91. The van der Waals surface area contributed by atoms with Gasteiger partial charge in [0.05, 0.1) is 28.7 Å². The summed E-state index contributed by atoms with van der Waals surface area (Å²) in [5.41, 5.74) is 4.70. The van der Waals surface area contributed by atoms with E-state index < -0.39 is 0 Å². The van der Waals surface area contributed by atoms with Crippen molar-refractivity contribution in [2.45, 2.75) is 12.3 Å². The molecule has 0 radical (unpaired) electrons. The number of para-hydroxylation sites is 2. The Balaban J connectivity index is 1.77. The van der Waals surface area contributed by atoms with Gasteiger partial charge in [0.2, 0.25) is 5.91 Å². The minimum atomic E-state index is -0.115. The van der Waals surface area contributed by atoms with Crippen LogP contribution in [0.1, 0.15) is 23.7 Å². The van der Waals surface area contributed by atoms with Crippen molar-refractivity contribution in [1.82, 2.24) is 20.2 Å². The lowest BCUT2D eigenvalue weighted by molar-refractivity contribution is -0.116. The average Bonchev–Trinajstić information content (AvgIpc) is 3.20. The standard InChI is InChI=1S/C17H13N5O/c23-14-7-10(17-20-11-3-1-2-4-12(11)21-17)15-13(19-14)6-5-9-8-18-22-16(9)15/h1-6,8,10H,7H2,(H,18,22)(H,19,23)(H,20,21). The van der Waals surface area contributed by atoms with Gasteiger partial charge in [-0.25, -0.2) is 4.98 Å². The van der Waals surface area contributed by atoms with E-state index >= 15 is 0 Å². The van der Waals surface area contributed by atoms with E-state index in [0.717, 1.165) is 39.0 Å². The van der Waals surface area contributed by atoms with E-state index in [1.807, 2.05) is 36.4 Å². The summed E-state index contributed by atoms with van der Waals surface area (Å²) in [7, 11) is 0. The largest absolute Gasteiger partial charge is 0.341 e. The number of benzene rings is 2. The predicted molar refractivity (Wildman–Crippen MR) is 87.3 cm³/mol. The Morgan fingerprint density at radius 3 is 2.96 bits per heavy atom. The van der Waals surface area contributed by atoms with Crippen LogP contribution in [0.25, 0.3) is 21.9 Å². The number of H-pyrrole nitrogens is 2. The number of carbonyl (C=O) groups excluding carboxylic acids is 1. The number of carbonyl (C=O) groups is 1. The summed E-state index contributed by atoms with van der Waals surface area (Å²) in [5, 5.41) is 11.2. The first-order valence-electron chi connectivity index (χ1n) is 7.50. The number of hydrogen-bond acceptors (Lipinski definition) is 3. The first-order valence-corrected chi connectivity index (χ1v) is 7.50. The number of nitrogens with zero attached hydrogens (tertiary/aromatic N) is 2. The van der Waals surface area contributed by atoms with Gasteiger partial charge < -0.3 is 10.3 Å². The van der Waals surface area contributed by atoms with Crippen LogP contribution in [0.4, 0.5) is 5.69 Å². The van der Waals surface area contributed by atoms with E-state index in [9.17, 15) is 4.79 Å². The van der Waals surface area contributed by atoms with Gasteiger partial charge in [0.25, 0.3) is 0 Å². The molecule has 0 aliphatic carbocycles. The molecule has 4 aromatic rings. The molecule has 112 valence electrons. The Kier molecular flexibility index (Phi) is 2.38. The van der Waals surface area contributed by atoms with Gasteiger partial charge in [0.1, 0.15) is 5.82 Å². The Morgan fingerprint density at radius 1 is 1.13 bits per heavy atom. The van der Waals surface area contributed by atoms with Gasteiger partial charge in [0, 0.05) is 23.1 Å². The maximum Gasteiger partial charge on any atom is 0.225 e. The number of fused-ring (bicyclic) bond motifs is 4. The molecule has 1 aliphatic rings. The van der Waals surface area contributed by atoms with Crippen LogP contribution in [0.3, 0.4) is 0 Å². The summed E-state index contributed by atoms with van der Waals surface area (Å²) in [5.74, 6) is 0.696. The highest BCUT2D eigenvalue weighted by Gasteiger charge is 2.31. The monoisotopic (exact) mass is 303 g/mol. The highest BCUT2D eigenvalue weighted by Crippen LogP contribution is 2.40. The van der Waals surface area contributed by atoms with Gasteiger partial charge in [-0.15, -0.1) is 0 Å². The molecule has 6 heteroatoms. The van der Waals surface area contributed by atoms with Crippen molar-refractivity contribution < 1.29 is 4.79 Å². The summed E-state index contributed by atoms with van der Waals surface area (Å²) in [6, 6.07) is 11.8. The van der Waals surface area contributed by atoms with Crippen LogP contribution < -0.4 is 5.32 Å². The van der Waals surface area contributed by atoms with E-state index in [0.29, 0.717) is 6.42 Å². The highest BCUT2D eigenvalue weighted by atomic mass is 16.1. The molecule has 1 aliphatic heterocycles. The third kappa shape index (κ3) is 1.78. The number of imidazole rings is 1. The molecule has 5 rings (SSSR count). The highest BCUT2D eigenvalue weighted by molar-refractivity contribution is 6.00. The maximum absolute atomic E-state index is 12.1. The second-order valence-electron chi connectivity index (χ2n) is 5.81. The van der Waals surface area contributed by atoms with E-state index in [-0.39, 0.29) is 11.8 Å². The average molecular weight is 303 g/mol. The fourth-order valence-electron chi connectivity index (χ4n) is 3.37. The van der Waals surface area contributed by atoms with Crippen molar-refractivity contribution in [3.63, 3.8) is 0 Å². The number of amides is 1. The molecule has 3 N–H and O–H groups in total. The summed E-state index contributed by atoms with van der Waals surface area (Å²) in [6.45, 7) is 0. The molecule has 1 atom stereocenters. The molecule has 1 unspecified atom stereocenters. The smallest absolute Gasteiger partial charge is 0.225 e. The number of aromatic nitrogens is 4. The zero-order valence-electron chi connectivity index (χ0n) is 12.1. The number of nitrogens with one attached hydrogen (secondary N) is 3. The van der Waals surface area contributed by atoms with Crippen LogP contribution in [0.15, 0.2) is 42.6 Å². The van der Waals surface area contributed by atoms with Crippen molar-refractivity contribution in [2.75, 3.05) is 5.32 Å². The van der Waals surface area contributed by atoms with E-state index in [4.69, 9.17) is 4.98 Å². The second-order valence-corrected chi connectivity index (χ2v) is 5.81. The van der Waals surface area contributed by atoms with E-state index in [1.165, 1.54) is 0 Å². The number of hydrogen-bond donors (Lipinski definition) is 3. The first kappa shape index (κ1) is 12.4. The van der Waals surface area contributed by atoms with Crippen LogP contribution in [-0.4, -0.2) is 26.1 Å². The molecule has 3 heterocycles. The second kappa shape index (κ2) is 4.42. The molecule has 0 bridgehead atoms. The van der Waals surface area contributed by atoms with Crippen LogP contribution in [0, 0.1) is 0 Å². The van der Waals surface area contributed by atoms with E-state index in [1.54, 1.807) is 6.20 Å². The Bertz CT molecular complexity index is 1030. The van der Waals surface area contributed by atoms with E-state index in [2.05, 4.69) is 20.5 Å². The quantitative estimate of drug-likeness (QED) is 0.505. The van der Waals surface area contributed by atoms with Crippen molar-refractivity contribution in [2.24, 2.45) is 0 Å². The number of rotatable bonds is 1. The Morgan fingerprint density at radius 2 is 2.04 bits per heavy atom. The topological polar surface area (TPSA) is 86.5 Å². The lowest BCUT2D eigenvalue weighted by Crippen LogP contribution is -2.24. The fourth-order valence-corrected chi connectivity index (χ4v) is 3.37. The summed E-state index contributed by atoms with van der Waals surface area (Å²) >= 11 is 0. The van der Waals surface area contributed by atoms with Gasteiger partial charge >= 0.3 is 0 Å². The van der Waals surface area contributed by atoms with Crippen molar-refractivity contribution in [3.8, 4) is 0 Å². The van der Waals surface area contributed by atoms with Crippen molar-refractivity contribution in [3.05, 3.63) is 54.0 Å².